The van der Waals surface area contributed by atoms with E-state index in [0.29, 0.717) is 24.1 Å². The lowest BCUT2D eigenvalue weighted by Crippen LogP contribution is -2.42. The summed E-state index contributed by atoms with van der Waals surface area (Å²) < 4.78 is 58.3. The number of fused-ring (bicyclic) bond motifs is 3. The first-order valence-electron chi connectivity index (χ1n) is 10.8. The summed E-state index contributed by atoms with van der Waals surface area (Å²) in [4.78, 5) is 9.17. The number of rotatable bonds is 6. The van der Waals surface area contributed by atoms with E-state index in [-0.39, 0.29) is 17.8 Å². The van der Waals surface area contributed by atoms with Crippen molar-refractivity contribution in [3.8, 4) is 5.75 Å². The van der Waals surface area contributed by atoms with Gasteiger partial charge in [-0.3, -0.25) is 4.98 Å². The molecule has 174 valence electrons. The van der Waals surface area contributed by atoms with Crippen LogP contribution in [0, 0.1) is 6.92 Å². The van der Waals surface area contributed by atoms with Crippen molar-refractivity contribution in [2.24, 2.45) is 0 Å². The summed E-state index contributed by atoms with van der Waals surface area (Å²) in [5, 5.41) is 0. The average Bonchev–Trinajstić information content (AvgIpc) is 3.21. The standard InChI is InChI=1S/C23H24F2N4O3S/c1-14-20(11-15-5-3-4-6-21(15)32-23(24)25)28-13-19(26-12-22(28)27-14)16-9-17-7-8-18(10-16)29(17)33(2,30)31/h3-6,9,12-13,17-18,23H,7-8,10-11H2,1-2H3. The minimum Gasteiger partial charge on any atom is -0.435 e. The summed E-state index contributed by atoms with van der Waals surface area (Å²) in [6.07, 6.45) is 9.48. The zero-order chi connectivity index (χ0) is 23.3. The number of sulfonamides is 1. The van der Waals surface area contributed by atoms with Gasteiger partial charge in [0.05, 0.1) is 29.5 Å². The summed E-state index contributed by atoms with van der Waals surface area (Å²) in [5.41, 5.74) is 4.72. The first-order valence-corrected chi connectivity index (χ1v) is 12.6. The van der Waals surface area contributed by atoms with Crippen LogP contribution in [0.3, 0.4) is 0 Å². The SMILES string of the molecule is Cc1nc2cnc(C3=CC4CCC(C3)N4S(C)(=O)=O)cn2c1Cc1ccccc1OC(F)F. The van der Waals surface area contributed by atoms with E-state index in [1.165, 1.54) is 12.3 Å². The van der Waals surface area contributed by atoms with Crippen LogP contribution < -0.4 is 4.74 Å². The maximum absolute atomic E-state index is 12.8. The fourth-order valence-electron chi connectivity index (χ4n) is 5.04. The highest BCUT2D eigenvalue weighted by atomic mass is 32.2. The van der Waals surface area contributed by atoms with Crippen molar-refractivity contribution in [2.45, 2.75) is 51.3 Å². The van der Waals surface area contributed by atoms with Crippen LogP contribution in [0.25, 0.3) is 11.2 Å². The van der Waals surface area contributed by atoms with E-state index in [0.717, 1.165) is 35.5 Å². The molecule has 3 aromatic rings. The average molecular weight is 475 g/mol. The number of hydrogen-bond donors (Lipinski definition) is 0. The van der Waals surface area contributed by atoms with E-state index in [1.54, 1.807) is 28.7 Å². The summed E-state index contributed by atoms with van der Waals surface area (Å²) in [6.45, 7) is -1.02. The van der Waals surface area contributed by atoms with Crippen molar-refractivity contribution in [1.29, 1.82) is 0 Å². The van der Waals surface area contributed by atoms with Crippen LogP contribution in [-0.4, -0.2) is 52.0 Å². The molecule has 1 fully saturated rings. The van der Waals surface area contributed by atoms with E-state index < -0.39 is 16.6 Å². The van der Waals surface area contributed by atoms with E-state index in [9.17, 15) is 17.2 Å². The van der Waals surface area contributed by atoms with Crippen molar-refractivity contribution in [1.82, 2.24) is 18.7 Å². The molecule has 0 aliphatic carbocycles. The minimum absolute atomic E-state index is 0.0511. The topological polar surface area (TPSA) is 76.8 Å². The van der Waals surface area contributed by atoms with Gasteiger partial charge in [0, 0.05) is 30.3 Å². The van der Waals surface area contributed by atoms with Crippen LogP contribution in [-0.2, 0) is 16.4 Å². The third kappa shape index (κ3) is 4.13. The van der Waals surface area contributed by atoms with Crippen molar-refractivity contribution < 1.29 is 21.9 Å². The number of para-hydroxylation sites is 1. The molecule has 10 heteroatoms. The largest absolute Gasteiger partial charge is 0.435 e. The van der Waals surface area contributed by atoms with E-state index in [1.807, 2.05) is 23.6 Å². The Balaban J connectivity index is 1.51. The number of ether oxygens (including phenoxy) is 1. The maximum Gasteiger partial charge on any atom is 0.387 e. The minimum atomic E-state index is -3.26. The molecule has 0 saturated carbocycles. The van der Waals surface area contributed by atoms with Crippen molar-refractivity contribution >= 4 is 21.2 Å². The monoisotopic (exact) mass is 474 g/mol. The van der Waals surface area contributed by atoms with Crippen LogP contribution >= 0.6 is 0 Å². The molecule has 0 radical (unpaired) electrons. The second-order valence-corrected chi connectivity index (χ2v) is 10.5. The Morgan fingerprint density at radius 2 is 2.03 bits per heavy atom. The van der Waals surface area contributed by atoms with Crippen LogP contribution in [0.4, 0.5) is 8.78 Å². The van der Waals surface area contributed by atoms with Crippen LogP contribution in [0.5, 0.6) is 5.75 Å². The zero-order valence-electron chi connectivity index (χ0n) is 18.3. The second kappa shape index (κ2) is 8.18. The summed E-state index contributed by atoms with van der Waals surface area (Å²) in [5.74, 6) is 0.142. The van der Waals surface area contributed by atoms with Gasteiger partial charge in [-0.2, -0.15) is 13.1 Å². The third-order valence-electron chi connectivity index (χ3n) is 6.40. The summed E-state index contributed by atoms with van der Waals surface area (Å²) in [7, 11) is -3.26. The smallest absolute Gasteiger partial charge is 0.387 e. The molecule has 1 saturated heterocycles. The molecule has 2 atom stereocenters. The zero-order valence-corrected chi connectivity index (χ0v) is 19.1. The fraction of sp³-hybridized carbons (Fsp3) is 0.391. The molecule has 2 bridgehead atoms. The molecule has 2 aliphatic heterocycles. The molecule has 33 heavy (non-hydrogen) atoms. The number of nitrogens with zero attached hydrogens (tertiary/aromatic N) is 4. The predicted octanol–water partition coefficient (Wildman–Crippen LogP) is 3.81. The molecule has 2 aliphatic rings. The van der Waals surface area contributed by atoms with Gasteiger partial charge in [-0.1, -0.05) is 24.3 Å². The van der Waals surface area contributed by atoms with E-state index in [4.69, 9.17) is 4.74 Å². The Hall–Kier alpha value is -2.85. The lowest BCUT2D eigenvalue weighted by atomic mass is 10.0. The number of imidazole rings is 1. The number of alkyl halides is 2. The summed E-state index contributed by atoms with van der Waals surface area (Å²) >= 11 is 0. The van der Waals surface area contributed by atoms with Gasteiger partial charge in [-0.05, 0) is 37.8 Å². The van der Waals surface area contributed by atoms with Crippen molar-refractivity contribution in [3.05, 3.63) is 65.4 Å². The number of aryl methyl sites for hydroxylation is 1. The lowest BCUT2D eigenvalue weighted by Gasteiger charge is -2.31. The third-order valence-corrected chi connectivity index (χ3v) is 7.73. The molecular weight excluding hydrogens is 450 g/mol. The quantitative estimate of drug-likeness (QED) is 0.543. The van der Waals surface area contributed by atoms with Gasteiger partial charge in [-0.15, -0.1) is 0 Å². The van der Waals surface area contributed by atoms with Crippen molar-refractivity contribution in [3.63, 3.8) is 0 Å². The lowest BCUT2D eigenvalue weighted by molar-refractivity contribution is -0.0504. The molecule has 2 unspecified atom stereocenters. The van der Waals surface area contributed by atoms with Gasteiger partial charge in [0.15, 0.2) is 5.65 Å². The molecule has 2 aromatic heterocycles. The van der Waals surface area contributed by atoms with E-state index in [2.05, 4.69) is 9.97 Å². The first kappa shape index (κ1) is 22.0. The van der Waals surface area contributed by atoms with Gasteiger partial charge < -0.3 is 9.14 Å². The Labute approximate surface area is 190 Å². The van der Waals surface area contributed by atoms with Crippen molar-refractivity contribution in [2.75, 3.05) is 6.26 Å². The highest BCUT2D eigenvalue weighted by Crippen LogP contribution is 2.39. The predicted molar refractivity (Wildman–Crippen MR) is 120 cm³/mol. The Kier molecular flexibility index (Phi) is 5.44. The first-order chi connectivity index (χ1) is 15.7. The Morgan fingerprint density at radius 1 is 1.24 bits per heavy atom. The molecule has 4 heterocycles. The van der Waals surface area contributed by atoms with Gasteiger partial charge in [0.25, 0.3) is 0 Å². The normalized spacial score (nSPS) is 21.1. The molecule has 1 aromatic carbocycles. The Morgan fingerprint density at radius 3 is 2.76 bits per heavy atom. The molecule has 0 spiro atoms. The van der Waals surface area contributed by atoms with Gasteiger partial charge in [0.2, 0.25) is 10.0 Å². The number of benzene rings is 1. The number of hydrogen-bond acceptors (Lipinski definition) is 5. The maximum atomic E-state index is 12.8. The molecule has 7 nitrogen and oxygen atoms in total. The van der Waals surface area contributed by atoms with Gasteiger partial charge in [0.1, 0.15) is 5.75 Å². The Bertz CT molecular complexity index is 1350. The van der Waals surface area contributed by atoms with Gasteiger partial charge >= 0.3 is 6.61 Å². The number of aromatic nitrogens is 3. The van der Waals surface area contributed by atoms with Crippen LogP contribution in [0.2, 0.25) is 0 Å². The van der Waals surface area contributed by atoms with Gasteiger partial charge in [-0.25, -0.2) is 13.4 Å². The van der Waals surface area contributed by atoms with Crippen LogP contribution in [0.15, 0.2) is 42.7 Å². The highest BCUT2D eigenvalue weighted by molar-refractivity contribution is 7.88. The van der Waals surface area contributed by atoms with E-state index >= 15 is 0 Å². The van der Waals surface area contributed by atoms with Crippen LogP contribution in [0.1, 0.15) is 41.9 Å². The highest BCUT2D eigenvalue weighted by Gasteiger charge is 2.42. The molecular formula is C23H24F2N4O3S. The molecule has 0 N–H and O–H groups in total. The summed E-state index contributed by atoms with van der Waals surface area (Å²) in [6, 6.07) is 6.55. The second-order valence-electron chi connectivity index (χ2n) is 8.60. The fourth-order valence-corrected chi connectivity index (χ4v) is 6.42. The molecule has 0 amide bonds. The molecule has 5 rings (SSSR count). The number of halogens is 2.